The van der Waals surface area contributed by atoms with Crippen LogP contribution in [-0.4, -0.2) is 34.1 Å². The Hall–Kier alpha value is -2.42. The second kappa shape index (κ2) is 7.30. The van der Waals surface area contributed by atoms with Gasteiger partial charge in [-0.25, -0.2) is 20.8 Å². The van der Waals surface area contributed by atoms with E-state index in [9.17, 15) is 16.8 Å². The Balaban J connectivity index is 2.14. The van der Waals surface area contributed by atoms with Crippen molar-refractivity contribution in [3.8, 4) is 11.3 Å². The first-order chi connectivity index (χ1) is 12.7. The van der Waals surface area contributed by atoms with Crippen molar-refractivity contribution in [3.05, 3.63) is 72.4 Å². The number of hydrogen-bond donors (Lipinski definition) is 1. The molecule has 3 aromatic rings. The van der Waals surface area contributed by atoms with E-state index < -0.39 is 19.9 Å². The predicted octanol–water partition coefficient (Wildman–Crippen LogP) is 2.52. The summed E-state index contributed by atoms with van der Waals surface area (Å²) < 4.78 is 50.9. The van der Waals surface area contributed by atoms with E-state index in [0.29, 0.717) is 12.2 Å². The van der Waals surface area contributed by atoms with Gasteiger partial charge in [-0.1, -0.05) is 30.3 Å². The van der Waals surface area contributed by atoms with Crippen LogP contribution >= 0.6 is 0 Å². The summed E-state index contributed by atoms with van der Waals surface area (Å²) >= 11 is 0. The normalized spacial score (nSPS) is 12.2. The van der Waals surface area contributed by atoms with E-state index in [2.05, 4.69) is 5.32 Å². The van der Waals surface area contributed by atoms with Crippen molar-refractivity contribution < 1.29 is 16.8 Å². The molecule has 1 aromatic heterocycles. The molecule has 3 rings (SSSR count). The van der Waals surface area contributed by atoms with Crippen LogP contribution in [0.4, 0.5) is 0 Å². The Bertz CT molecular complexity index is 1150. The number of benzene rings is 2. The highest BCUT2D eigenvalue weighted by Crippen LogP contribution is 2.27. The molecular formula is C19H20N2O4S2. The summed E-state index contributed by atoms with van der Waals surface area (Å²) in [5, 5.41) is 3.02. The highest BCUT2D eigenvalue weighted by atomic mass is 32.2. The van der Waals surface area contributed by atoms with E-state index in [4.69, 9.17) is 0 Å². The van der Waals surface area contributed by atoms with Crippen molar-refractivity contribution in [1.82, 2.24) is 9.29 Å². The molecule has 0 saturated carbocycles. The van der Waals surface area contributed by atoms with Gasteiger partial charge < -0.3 is 5.32 Å². The third kappa shape index (κ3) is 3.97. The second-order valence-electron chi connectivity index (χ2n) is 6.17. The van der Waals surface area contributed by atoms with E-state index in [1.807, 2.05) is 36.4 Å². The van der Waals surface area contributed by atoms with E-state index in [0.717, 1.165) is 17.4 Å². The Kier molecular flexibility index (Phi) is 5.23. The molecule has 0 aliphatic carbocycles. The number of sulfone groups is 1. The molecule has 0 aliphatic rings. The average Bonchev–Trinajstić information content (AvgIpc) is 3.07. The Morgan fingerprint density at radius 3 is 2.04 bits per heavy atom. The van der Waals surface area contributed by atoms with Gasteiger partial charge in [0, 0.05) is 19.0 Å². The van der Waals surface area contributed by atoms with Gasteiger partial charge in [-0.05, 0) is 48.5 Å². The fourth-order valence-corrected chi connectivity index (χ4v) is 4.82. The maximum Gasteiger partial charge on any atom is 0.268 e. The molecule has 0 fully saturated rings. The van der Waals surface area contributed by atoms with E-state index in [-0.39, 0.29) is 9.79 Å². The largest absolute Gasteiger partial charge is 0.316 e. The lowest BCUT2D eigenvalue weighted by atomic mass is 10.1. The molecule has 27 heavy (non-hydrogen) atoms. The van der Waals surface area contributed by atoms with Gasteiger partial charge in [0.25, 0.3) is 10.0 Å². The van der Waals surface area contributed by atoms with Gasteiger partial charge in [0.15, 0.2) is 9.84 Å². The highest BCUT2D eigenvalue weighted by molar-refractivity contribution is 7.91. The summed E-state index contributed by atoms with van der Waals surface area (Å²) in [6.45, 7) is 0.523. The van der Waals surface area contributed by atoms with Gasteiger partial charge in [-0.2, -0.15) is 0 Å². The molecule has 0 amide bonds. The zero-order valence-corrected chi connectivity index (χ0v) is 16.6. The lowest BCUT2D eigenvalue weighted by Crippen LogP contribution is -2.13. The summed E-state index contributed by atoms with van der Waals surface area (Å²) in [5.74, 6) is 0. The monoisotopic (exact) mass is 404 g/mol. The molecule has 0 aliphatic heterocycles. The predicted molar refractivity (Wildman–Crippen MR) is 105 cm³/mol. The van der Waals surface area contributed by atoms with Crippen LogP contribution < -0.4 is 5.32 Å². The fourth-order valence-electron chi connectivity index (χ4n) is 2.79. The van der Waals surface area contributed by atoms with Crippen molar-refractivity contribution >= 4 is 19.9 Å². The minimum atomic E-state index is -3.88. The molecular weight excluding hydrogens is 384 g/mol. The minimum absolute atomic E-state index is 0.0266. The quantitative estimate of drug-likeness (QED) is 0.682. The molecule has 6 nitrogen and oxygen atoms in total. The van der Waals surface area contributed by atoms with Crippen LogP contribution in [-0.2, 0) is 26.4 Å². The number of aromatic nitrogens is 1. The Morgan fingerprint density at radius 1 is 0.889 bits per heavy atom. The standard InChI is InChI=1S/C19H20N2O4S2/c1-20-13-15-12-19(16-6-4-3-5-7-16)21(14-15)27(24,25)18-10-8-17(9-11-18)26(2,22)23/h3-12,14,20H,13H2,1-2H3. The zero-order chi connectivity index (χ0) is 19.7. The molecule has 2 aromatic carbocycles. The molecule has 142 valence electrons. The Morgan fingerprint density at radius 2 is 1.48 bits per heavy atom. The van der Waals surface area contributed by atoms with Crippen molar-refractivity contribution in [2.24, 2.45) is 0 Å². The smallest absolute Gasteiger partial charge is 0.268 e. The first-order valence-corrected chi connectivity index (χ1v) is 11.5. The van der Waals surface area contributed by atoms with Crippen molar-refractivity contribution in [1.29, 1.82) is 0 Å². The molecule has 8 heteroatoms. The SMILES string of the molecule is CNCc1cc(-c2ccccc2)n(S(=O)(=O)c2ccc(S(C)(=O)=O)cc2)c1. The number of nitrogens with one attached hydrogen (secondary N) is 1. The molecule has 0 unspecified atom stereocenters. The summed E-state index contributed by atoms with van der Waals surface area (Å²) in [4.78, 5) is 0.104. The van der Waals surface area contributed by atoms with Gasteiger partial charge in [-0.15, -0.1) is 0 Å². The third-order valence-corrected chi connectivity index (χ3v) is 6.92. The number of nitrogens with zero attached hydrogens (tertiary/aromatic N) is 1. The van der Waals surface area contributed by atoms with Gasteiger partial charge >= 0.3 is 0 Å². The summed E-state index contributed by atoms with van der Waals surface area (Å²) in [5.41, 5.74) is 2.15. The first-order valence-electron chi connectivity index (χ1n) is 8.20. The van der Waals surface area contributed by atoms with E-state index in [1.54, 1.807) is 13.2 Å². The third-order valence-electron chi connectivity index (χ3n) is 4.10. The molecule has 1 heterocycles. The van der Waals surface area contributed by atoms with Crippen molar-refractivity contribution in [2.45, 2.75) is 16.3 Å². The summed E-state index contributed by atoms with van der Waals surface area (Å²) in [6.07, 6.45) is 2.67. The fraction of sp³-hybridized carbons (Fsp3) is 0.158. The van der Waals surface area contributed by atoms with Gasteiger partial charge in [0.2, 0.25) is 0 Å². The topological polar surface area (TPSA) is 85.2 Å². The summed E-state index contributed by atoms with van der Waals surface area (Å²) in [7, 11) is -5.49. The van der Waals surface area contributed by atoms with Crippen LogP contribution in [0.2, 0.25) is 0 Å². The first kappa shape index (κ1) is 19.3. The van der Waals surface area contributed by atoms with Gasteiger partial charge in [0.05, 0.1) is 15.5 Å². The molecule has 0 spiro atoms. The van der Waals surface area contributed by atoms with Gasteiger partial charge in [-0.3, -0.25) is 0 Å². The van der Waals surface area contributed by atoms with Crippen LogP contribution in [0, 0.1) is 0 Å². The molecule has 0 radical (unpaired) electrons. The maximum atomic E-state index is 13.2. The van der Waals surface area contributed by atoms with Crippen molar-refractivity contribution in [3.63, 3.8) is 0 Å². The average molecular weight is 405 g/mol. The number of hydrogen-bond acceptors (Lipinski definition) is 5. The zero-order valence-electron chi connectivity index (χ0n) is 15.0. The van der Waals surface area contributed by atoms with Crippen LogP contribution in [0.5, 0.6) is 0 Å². The van der Waals surface area contributed by atoms with Crippen LogP contribution in [0.3, 0.4) is 0 Å². The van der Waals surface area contributed by atoms with Gasteiger partial charge in [0.1, 0.15) is 0 Å². The molecule has 1 N–H and O–H groups in total. The minimum Gasteiger partial charge on any atom is -0.316 e. The van der Waals surface area contributed by atoms with E-state index >= 15 is 0 Å². The maximum absolute atomic E-state index is 13.2. The van der Waals surface area contributed by atoms with Crippen molar-refractivity contribution in [2.75, 3.05) is 13.3 Å². The molecule has 0 bridgehead atoms. The molecule has 0 saturated heterocycles. The highest BCUT2D eigenvalue weighted by Gasteiger charge is 2.22. The number of rotatable bonds is 6. The van der Waals surface area contributed by atoms with Crippen LogP contribution in [0.25, 0.3) is 11.3 Å². The molecule has 0 atom stereocenters. The lowest BCUT2D eigenvalue weighted by Gasteiger charge is -2.11. The van der Waals surface area contributed by atoms with Crippen LogP contribution in [0.15, 0.2) is 76.7 Å². The summed E-state index contributed by atoms with van der Waals surface area (Å²) in [6, 6.07) is 16.3. The lowest BCUT2D eigenvalue weighted by molar-refractivity contribution is 0.587. The Labute approximate surface area is 159 Å². The van der Waals surface area contributed by atoms with Crippen LogP contribution in [0.1, 0.15) is 5.56 Å². The van der Waals surface area contributed by atoms with E-state index in [1.165, 1.54) is 28.2 Å². The second-order valence-corrected chi connectivity index (χ2v) is 10.0.